The molecule has 88 valence electrons. The van der Waals surface area contributed by atoms with Crippen LogP contribution in [0.25, 0.3) is 0 Å². The zero-order chi connectivity index (χ0) is 12.1. The summed E-state index contributed by atoms with van der Waals surface area (Å²) in [5.74, 6) is 1.42. The van der Waals surface area contributed by atoms with Crippen LogP contribution in [0.3, 0.4) is 0 Å². The van der Waals surface area contributed by atoms with Gasteiger partial charge in [-0.3, -0.25) is 0 Å². The molecule has 0 saturated carbocycles. The molecule has 0 radical (unpaired) electrons. The van der Waals surface area contributed by atoms with E-state index >= 15 is 0 Å². The molecule has 0 aliphatic carbocycles. The number of terminal acetylenes is 1. The van der Waals surface area contributed by atoms with E-state index in [0.29, 0.717) is 13.0 Å². The van der Waals surface area contributed by atoms with Gasteiger partial charge in [0.25, 0.3) is 0 Å². The van der Waals surface area contributed by atoms with Crippen LogP contribution in [-0.2, 0) is 4.79 Å². The van der Waals surface area contributed by atoms with Crippen LogP contribution in [0.15, 0.2) is 0 Å². The molecule has 0 aromatic heterocycles. The van der Waals surface area contributed by atoms with Crippen molar-refractivity contribution in [1.82, 2.24) is 10.2 Å². The highest BCUT2D eigenvalue weighted by Crippen LogP contribution is 2.17. The summed E-state index contributed by atoms with van der Waals surface area (Å²) in [4.78, 5) is 24.0. The molecule has 0 spiro atoms. The zero-order valence-corrected chi connectivity index (χ0v) is 9.27. The van der Waals surface area contributed by atoms with Gasteiger partial charge in [0, 0.05) is 6.54 Å². The van der Waals surface area contributed by atoms with E-state index in [4.69, 9.17) is 11.5 Å². The van der Waals surface area contributed by atoms with Crippen molar-refractivity contribution in [3.8, 4) is 12.3 Å². The van der Waals surface area contributed by atoms with Crippen LogP contribution < -0.4 is 5.32 Å². The molecule has 0 aromatic carbocycles. The molecule has 2 atom stereocenters. The molecule has 16 heavy (non-hydrogen) atoms. The molecular weight excluding hydrogens is 208 g/mol. The first-order valence-electron chi connectivity index (χ1n) is 5.32. The lowest BCUT2D eigenvalue weighted by molar-refractivity contribution is -0.143. The Labute approximate surface area is 94.8 Å². The third kappa shape index (κ3) is 2.89. The van der Waals surface area contributed by atoms with Crippen LogP contribution in [0, 0.1) is 12.3 Å². The van der Waals surface area contributed by atoms with E-state index in [1.165, 1.54) is 4.90 Å². The first-order valence-corrected chi connectivity index (χ1v) is 5.32. The Hall–Kier alpha value is -1.70. The largest absolute Gasteiger partial charge is 0.480 e. The number of piperidine rings is 1. The molecular formula is C11H16N2O3. The maximum absolute atomic E-state index is 11.7. The molecule has 1 fully saturated rings. The van der Waals surface area contributed by atoms with Crippen LogP contribution in [0.2, 0.25) is 0 Å². The van der Waals surface area contributed by atoms with Gasteiger partial charge in [0.15, 0.2) is 0 Å². The lowest BCUT2D eigenvalue weighted by Crippen LogP contribution is -2.53. The summed E-state index contributed by atoms with van der Waals surface area (Å²) in [7, 11) is 0. The molecule has 1 aliphatic heterocycles. The SMILES string of the molecule is C#CC(C)NC(=O)N1CCCCC1C(=O)O. The van der Waals surface area contributed by atoms with Gasteiger partial charge in [0.1, 0.15) is 6.04 Å². The molecule has 1 heterocycles. The quantitative estimate of drug-likeness (QED) is 0.677. The monoisotopic (exact) mass is 224 g/mol. The second-order valence-electron chi connectivity index (χ2n) is 3.88. The molecule has 2 N–H and O–H groups in total. The van der Waals surface area contributed by atoms with E-state index in [9.17, 15) is 9.59 Å². The standard InChI is InChI=1S/C11H16N2O3/c1-3-8(2)12-11(16)13-7-5-4-6-9(13)10(14)15/h1,8-9H,4-7H2,2H3,(H,12,16)(H,14,15). The Morgan fingerprint density at radius 1 is 1.56 bits per heavy atom. The fraction of sp³-hybridized carbons (Fsp3) is 0.636. The number of urea groups is 1. The van der Waals surface area contributed by atoms with Gasteiger partial charge in [-0.2, -0.15) is 0 Å². The van der Waals surface area contributed by atoms with Crippen LogP contribution in [0.5, 0.6) is 0 Å². The van der Waals surface area contributed by atoms with E-state index in [2.05, 4.69) is 11.2 Å². The van der Waals surface area contributed by atoms with Gasteiger partial charge in [0.05, 0.1) is 6.04 Å². The molecule has 5 heteroatoms. The van der Waals surface area contributed by atoms with Gasteiger partial charge >= 0.3 is 12.0 Å². The molecule has 2 amide bonds. The lowest BCUT2D eigenvalue weighted by atomic mass is 10.0. The third-order valence-corrected chi connectivity index (χ3v) is 2.64. The summed E-state index contributed by atoms with van der Waals surface area (Å²) in [6.45, 7) is 2.15. The summed E-state index contributed by atoms with van der Waals surface area (Å²) in [6, 6.07) is -1.50. The Bertz CT molecular complexity index is 322. The molecule has 0 aromatic rings. The summed E-state index contributed by atoms with van der Waals surface area (Å²) < 4.78 is 0. The topological polar surface area (TPSA) is 69.6 Å². The Balaban J connectivity index is 2.65. The van der Waals surface area contributed by atoms with Gasteiger partial charge in [-0.25, -0.2) is 9.59 Å². The second-order valence-corrected chi connectivity index (χ2v) is 3.88. The van der Waals surface area contributed by atoms with Crippen LogP contribution in [0.1, 0.15) is 26.2 Å². The van der Waals surface area contributed by atoms with Crippen molar-refractivity contribution in [2.75, 3.05) is 6.54 Å². The van der Waals surface area contributed by atoms with E-state index < -0.39 is 18.0 Å². The van der Waals surface area contributed by atoms with Gasteiger partial charge in [-0.1, -0.05) is 5.92 Å². The van der Waals surface area contributed by atoms with Crippen molar-refractivity contribution in [2.45, 2.75) is 38.3 Å². The summed E-state index contributed by atoms with van der Waals surface area (Å²) in [6.07, 6.45) is 7.33. The molecule has 0 bridgehead atoms. The van der Waals surface area contributed by atoms with E-state index in [0.717, 1.165) is 12.8 Å². The number of amides is 2. The van der Waals surface area contributed by atoms with Gasteiger partial charge in [-0.15, -0.1) is 6.42 Å². The highest BCUT2D eigenvalue weighted by Gasteiger charge is 2.32. The molecule has 1 rings (SSSR count). The first-order chi connectivity index (χ1) is 7.56. The fourth-order valence-corrected chi connectivity index (χ4v) is 1.74. The van der Waals surface area contributed by atoms with Gasteiger partial charge in [0.2, 0.25) is 0 Å². The van der Waals surface area contributed by atoms with Crippen molar-refractivity contribution in [1.29, 1.82) is 0 Å². The minimum Gasteiger partial charge on any atom is -0.480 e. The van der Waals surface area contributed by atoms with Crippen molar-refractivity contribution in [2.24, 2.45) is 0 Å². The normalized spacial score (nSPS) is 22.0. The van der Waals surface area contributed by atoms with Crippen molar-refractivity contribution in [3.63, 3.8) is 0 Å². The average molecular weight is 224 g/mol. The number of likely N-dealkylation sites (tertiary alicyclic amines) is 1. The van der Waals surface area contributed by atoms with E-state index in [1.807, 2.05) is 0 Å². The number of rotatable bonds is 2. The van der Waals surface area contributed by atoms with Gasteiger partial charge in [-0.05, 0) is 26.2 Å². The number of nitrogens with one attached hydrogen (secondary N) is 1. The van der Waals surface area contributed by atoms with E-state index in [-0.39, 0.29) is 6.04 Å². The highest BCUT2D eigenvalue weighted by atomic mass is 16.4. The Morgan fingerprint density at radius 2 is 2.25 bits per heavy atom. The number of hydrogen-bond donors (Lipinski definition) is 2. The van der Waals surface area contributed by atoms with Crippen LogP contribution in [0.4, 0.5) is 4.79 Å². The molecule has 2 unspecified atom stereocenters. The predicted molar refractivity (Wildman–Crippen MR) is 58.8 cm³/mol. The predicted octanol–water partition coefficient (Wildman–Crippen LogP) is 0.657. The minimum atomic E-state index is -0.955. The van der Waals surface area contributed by atoms with Crippen molar-refractivity contribution >= 4 is 12.0 Å². The number of aliphatic carboxylic acids is 1. The Kier molecular flexibility index (Phi) is 4.18. The first kappa shape index (κ1) is 12.4. The number of carboxylic acid groups (broad SMARTS) is 1. The smallest absolute Gasteiger partial charge is 0.326 e. The van der Waals surface area contributed by atoms with Crippen molar-refractivity contribution in [3.05, 3.63) is 0 Å². The average Bonchev–Trinajstić information content (AvgIpc) is 2.28. The Morgan fingerprint density at radius 3 is 2.81 bits per heavy atom. The maximum atomic E-state index is 11.7. The fourth-order valence-electron chi connectivity index (χ4n) is 1.74. The number of carboxylic acids is 1. The summed E-state index contributed by atoms with van der Waals surface area (Å²) in [5, 5.41) is 11.6. The molecule has 1 aliphatic rings. The number of carbonyl (C=O) groups excluding carboxylic acids is 1. The van der Waals surface area contributed by atoms with Crippen LogP contribution in [-0.4, -0.2) is 40.6 Å². The molecule has 1 saturated heterocycles. The lowest BCUT2D eigenvalue weighted by Gasteiger charge is -2.33. The van der Waals surface area contributed by atoms with Gasteiger partial charge < -0.3 is 15.3 Å². The summed E-state index contributed by atoms with van der Waals surface area (Å²) >= 11 is 0. The van der Waals surface area contributed by atoms with E-state index in [1.54, 1.807) is 6.92 Å². The third-order valence-electron chi connectivity index (χ3n) is 2.64. The number of carbonyl (C=O) groups is 2. The maximum Gasteiger partial charge on any atom is 0.326 e. The number of nitrogens with zero attached hydrogens (tertiary/aromatic N) is 1. The van der Waals surface area contributed by atoms with Crippen LogP contribution >= 0.6 is 0 Å². The second kappa shape index (κ2) is 5.40. The molecule has 5 nitrogen and oxygen atoms in total. The number of hydrogen-bond acceptors (Lipinski definition) is 2. The minimum absolute atomic E-state index is 0.385. The summed E-state index contributed by atoms with van der Waals surface area (Å²) in [5.41, 5.74) is 0. The highest BCUT2D eigenvalue weighted by molar-refractivity contribution is 5.83. The zero-order valence-electron chi connectivity index (χ0n) is 9.27. The van der Waals surface area contributed by atoms with Crippen molar-refractivity contribution < 1.29 is 14.7 Å².